The van der Waals surface area contributed by atoms with Crippen LogP contribution in [0.2, 0.25) is 0 Å². The molecule has 0 radical (unpaired) electrons. The Morgan fingerprint density at radius 1 is 1.22 bits per heavy atom. The lowest BCUT2D eigenvalue weighted by Crippen LogP contribution is -2.45. The largest absolute Gasteiger partial charge is 0.393 e. The first-order chi connectivity index (χ1) is 8.69. The minimum Gasteiger partial charge on any atom is -0.393 e. The molecule has 2 N–H and O–H groups in total. The molecule has 2 saturated heterocycles. The fourth-order valence-corrected chi connectivity index (χ4v) is 3.40. The lowest BCUT2D eigenvalue weighted by Gasteiger charge is -2.39. The van der Waals surface area contributed by atoms with Crippen molar-refractivity contribution >= 4 is 5.69 Å². The van der Waals surface area contributed by atoms with Gasteiger partial charge in [0.15, 0.2) is 0 Å². The van der Waals surface area contributed by atoms with Gasteiger partial charge >= 0.3 is 0 Å². The van der Waals surface area contributed by atoms with E-state index in [9.17, 15) is 9.50 Å². The molecule has 2 unspecified atom stereocenters. The lowest BCUT2D eigenvalue weighted by atomic mass is 9.98. The maximum Gasteiger partial charge on any atom is 0.146 e. The van der Waals surface area contributed by atoms with E-state index in [-0.39, 0.29) is 30.6 Å². The first kappa shape index (κ1) is 11.9. The smallest absolute Gasteiger partial charge is 0.146 e. The van der Waals surface area contributed by atoms with Crippen LogP contribution in [0, 0.1) is 5.82 Å². The Morgan fingerprint density at radius 2 is 1.89 bits per heavy atom. The number of nitrogens with zero attached hydrogens (tertiary/aromatic N) is 1. The Balaban J connectivity index is 1.91. The summed E-state index contributed by atoms with van der Waals surface area (Å²) in [6.07, 6.45) is 3.29. The van der Waals surface area contributed by atoms with Crippen molar-refractivity contribution in [1.82, 2.24) is 0 Å². The molecule has 2 atom stereocenters. The molecular weight excluding hydrogens is 233 g/mol. The molecule has 98 valence electrons. The number of piperidine rings is 1. The maximum atomic E-state index is 14.1. The normalized spacial score (nSPS) is 30.8. The van der Waals surface area contributed by atoms with Crippen molar-refractivity contribution in [2.24, 2.45) is 0 Å². The molecule has 4 heteroatoms. The summed E-state index contributed by atoms with van der Waals surface area (Å²) in [4.78, 5) is 2.13. The van der Waals surface area contributed by atoms with E-state index in [1.165, 1.54) is 6.07 Å². The van der Waals surface area contributed by atoms with Gasteiger partial charge in [0.25, 0.3) is 0 Å². The van der Waals surface area contributed by atoms with Gasteiger partial charge in [0, 0.05) is 12.1 Å². The Labute approximate surface area is 106 Å². The SMILES string of the molecule is OCc1ccc(N2C3CCC2CC(O)C3)c(F)c1. The second-order valence-corrected chi connectivity index (χ2v) is 5.36. The van der Waals surface area contributed by atoms with Crippen molar-refractivity contribution in [1.29, 1.82) is 0 Å². The molecule has 0 saturated carbocycles. The monoisotopic (exact) mass is 251 g/mol. The Kier molecular flexibility index (Phi) is 2.99. The first-order valence-electron chi connectivity index (χ1n) is 6.54. The van der Waals surface area contributed by atoms with E-state index in [4.69, 9.17) is 5.11 Å². The van der Waals surface area contributed by atoms with Crippen LogP contribution in [0.3, 0.4) is 0 Å². The van der Waals surface area contributed by atoms with Crippen molar-refractivity contribution in [3.05, 3.63) is 29.6 Å². The van der Waals surface area contributed by atoms with Crippen LogP contribution in [-0.4, -0.2) is 28.4 Å². The highest BCUT2D eigenvalue weighted by Crippen LogP contribution is 2.40. The average molecular weight is 251 g/mol. The number of hydrogen-bond donors (Lipinski definition) is 2. The van der Waals surface area contributed by atoms with Gasteiger partial charge in [-0.3, -0.25) is 0 Å². The Morgan fingerprint density at radius 3 is 2.44 bits per heavy atom. The second kappa shape index (κ2) is 4.52. The van der Waals surface area contributed by atoms with Gasteiger partial charge in [-0.2, -0.15) is 0 Å². The van der Waals surface area contributed by atoms with Crippen LogP contribution in [0.4, 0.5) is 10.1 Å². The van der Waals surface area contributed by atoms with Crippen LogP contribution in [0.15, 0.2) is 18.2 Å². The minimum absolute atomic E-state index is 0.136. The van der Waals surface area contributed by atoms with Gasteiger partial charge in [0.2, 0.25) is 0 Å². The fraction of sp³-hybridized carbons (Fsp3) is 0.571. The summed E-state index contributed by atoms with van der Waals surface area (Å²) in [5.41, 5.74) is 1.22. The van der Waals surface area contributed by atoms with Gasteiger partial charge in [0.05, 0.1) is 18.4 Å². The predicted octanol–water partition coefficient (Wildman–Crippen LogP) is 1.81. The quantitative estimate of drug-likeness (QED) is 0.842. The highest BCUT2D eigenvalue weighted by Gasteiger charge is 2.41. The molecule has 18 heavy (non-hydrogen) atoms. The van der Waals surface area contributed by atoms with Crippen LogP contribution < -0.4 is 4.90 Å². The summed E-state index contributed by atoms with van der Waals surface area (Å²) in [6.45, 7) is -0.136. The van der Waals surface area contributed by atoms with Crippen LogP contribution in [0.5, 0.6) is 0 Å². The molecule has 0 spiro atoms. The number of aliphatic hydroxyl groups excluding tert-OH is 2. The number of benzene rings is 1. The van der Waals surface area contributed by atoms with E-state index < -0.39 is 0 Å². The zero-order valence-electron chi connectivity index (χ0n) is 10.2. The van der Waals surface area contributed by atoms with Gasteiger partial charge in [0.1, 0.15) is 5.82 Å². The van der Waals surface area contributed by atoms with E-state index in [2.05, 4.69) is 4.90 Å². The van der Waals surface area contributed by atoms with Crippen LogP contribution in [-0.2, 0) is 6.61 Å². The summed E-state index contributed by atoms with van der Waals surface area (Å²) < 4.78 is 14.1. The van der Waals surface area contributed by atoms with Crippen molar-refractivity contribution in [2.45, 2.75) is 50.5 Å². The maximum absolute atomic E-state index is 14.1. The summed E-state index contributed by atoms with van der Waals surface area (Å²) in [5, 5.41) is 18.8. The molecule has 2 heterocycles. The molecule has 3 nitrogen and oxygen atoms in total. The third-order valence-electron chi connectivity index (χ3n) is 4.18. The molecular formula is C14H18FNO2. The second-order valence-electron chi connectivity index (χ2n) is 5.36. The Hall–Kier alpha value is -1.13. The molecule has 1 aromatic rings. The van der Waals surface area contributed by atoms with E-state index >= 15 is 0 Å². The van der Waals surface area contributed by atoms with E-state index in [0.717, 1.165) is 25.7 Å². The van der Waals surface area contributed by atoms with Gasteiger partial charge in [-0.25, -0.2) is 4.39 Å². The van der Waals surface area contributed by atoms with Gasteiger partial charge in [-0.05, 0) is 43.4 Å². The topological polar surface area (TPSA) is 43.7 Å². The summed E-state index contributed by atoms with van der Waals surface area (Å²) >= 11 is 0. The first-order valence-corrected chi connectivity index (χ1v) is 6.54. The van der Waals surface area contributed by atoms with Crippen molar-refractivity contribution < 1.29 is 14.6 Å². The molecule has 3 rings (SSSR count). The molecule has 0 amide bonds. The third-order valence-corrected chi connectivity index (χ3v) is 4.18. The fourth-order valence-electron chi connectivity index (χ4n) is 3.40. The number of anilines is 1. The zero-order chi connectivity index (χ0) is 12.7. The molecule has 0 aliphatic carbocycles. The summed E-state index contributed by atoms with van der Waals surface area (Å²) in [6, 6.07) is 5.44. The number of fused-ring (bicyclic) bond motifs is 2. The third kappa shape index (κ3) is 1.89. The van der Waals surface area contributed by atoms with E-state index in [1.54, 1.807) is 12.1 Å². The van der Waals surface area contributed by atoms with E-state index in [1.807, 2.05) is 0 Å². The van der Waals surface area contributed by atoms with E-state index in [0.29, 0.717) is 11.3 Å². The van der Waals surface area contributed by atoms with Gasteiger partial charge in [-0.15, -0.1) is 0 Å². The lowest BCUT2D eigenvalue weighted by molar-refractivity contribution is 0.126. The van der Waals surface area contributed by atoms with Crippen LogP contribution >= 0.6 is 0 Å². The minimum atomic E-state index is -0.269. The number of hydrogen-bond acceptors (Lipinski definition) is 3. The molecule has 1 aromatic carbocycles. The van der Waals surface area contributed by atoms with Crippen LogP contribution in [0.25, 0.3) is 0 Å². The Bertz CT molecular complexity index is 437. The highest BCUT2D eigenvalue weighted by atomic mass is 19.1. The average Bonchev–Trinajstić information content (AvgIpc) is 2.61. The molecule has 2 fully saturated rings. The highest BCUT2D eigenvalue weighted by molar-refractivity contribution is 5.52. The molecule has 2 aliphatic rings. The molecule has 2 bridgehead atoms. The summed E-state index contributed by atoms with van der Waals surface area (Å²) in [7, 11) is 0. The van der Waals surface area contributed by atoms with Crippen molar-refractivity contribution in [3.63, 3.8) is 0 Å². The zero-order valence-corrected chi connectivity index (χ0v) is 10.2. The van der Waals surface area contributed by atoms with Crippen molar-refractivity contribution in [2.75, 3.05) is 4.90 Å². The summed E-state index contributed by atoms with van der Waals surface area (Å²) in [5.74, 6) is -0.269. The van der Waals surface area contributed by atoms with Gasteiger partial charge < -0.3 is 15.1 Å². The van der Waals surface area contributed by atoms with Gasteiger partial charge in [-0.1, -0.05) is 6.07 Å². The molecule has 0 aromatic heterocycles. The standard InChI is InChI=1S/C14H18FNO2/c15-13-5-9(8-17)1-4-14(13)16-10-2-3-11(16)7-12(18)6-10/h1,4-5,10-12,17-18H,2-3,6-8H2. The number of rotatable bonds is 2. The number of halogens is 1. The number of aliphatic hydroxyl groups is 2. The van der Waals surface area contributed by atoms with Crippen molar-refractivity contribution in [3.8, 4) is 0 Å². The van der Waals surface area contributed by atoms with Crippen LogP contribution in [0.1, 0.15) is 31.2 Å². The predicted molar refractivity (Wildman–Crippen MR) is 66.9 cm³/mol. The molecule has 2 aliphatic heterocycles.